The molecule has 130 valence electrons. The predicted octanol–water partition coefficient (Wildman–Crippen LogP) is 2.45. The first-order chi connectivity index (χ1) is 11.1. The quantitative estimate of drug-likeness (QED) is 0.750. The number of unbranched alkanes of at least 4 members (excludes halogenated alkanes) is 1. The summed E-state index contributed by atoms with van der Waals surface area (Å²) in [6.45, 7) is 1.16. The van der Waals surface area contributed by atoms with Crippen molar-refractivity contribution in [3.05, 3.63) is 54.0 Å². The second-order valence-electron chi connectivity index (χ2n) is 5.11. The number of halogens is 1. The number of nitrogens with zero attached hydrogens (tertiary/aromatic N) is 1. The first-order valence-electron chi connectivity index (χ1n) is 7.54. The van der Waals surface area contributed by atoms with Crippen molar-refractivity contribution in [2.24, 2.45) is 5.73 Å². The number of carbonyl (C=O) groups is 2. The second kappa shape index (κ2) is 9.75. The molecule has 0 aliphatic carbocycles. The smallest absolute Gasteiger partial charge is 0.293 e. The highest BCUT2D eigenvalue weighted by atomic mass is 35.5. The van der Waals surface area contributed by atoms with E-state index in [9.17, 15) is 9.59 Å². The van der Waals surface area contributed by atoms with Crippen LogP contribution < -0.4 is 16.0 Å². The van der Waals surface area contributed by atoms with E-state index in [1.165, 1.54) is 11.2 Å². The van der Waals surface area contributed by atoms with Crippen LogP contribution in [0.15, 0.2) is 47.1 Å². The van der Waals surface area contributed by atoms with Crippen molar-refractivity contribution < 1.29 is 14.0 Å². The summed E-state index contributed by atoms with van der Waals surface area (Å²) in [5.41, 5.74) is 6.41. The molecule has 0 radical (unpaired) electrons. The molecule has 0 unspecified atom stereocenters. The molecule has 2 rings (SSSR count). The standard InChI is InChI=1S/C17H21N3O3.ClH/c1-20(17(22)15-9-6-12-23-15)14-8-3-2-7-13(14)16(21)19-11-5-4-10-18;/h2-3,6-9,12H,4-5,10-11,18H2,1H3,(H,19,21);1H. The molecule has 2 aromatic rings. The molecular weight excluding hydrogens is 330 g/mol. The number of hydrogen-bond acceptors (Lipinski definition) is 4. The van der Waals surface area contributed by atoms with Gasteiger partial charge in [-0.15, -0.1) is 12.4 Å². The number of nitrogens with one attached hydrogen (secondary N) is 1. The van der Waals surface area contributed by atoms with Crippen molar-refractivity contribution in [3.8, 4) is 0 Å². The minimum atomic E-state index is -0.307. The summed E-state index contributed by atoms with van der Waals surface area (Å²) >= 11 is 0. The minimum Gasteiger partial charge on any atom is -0.459 e. The van der Waals surface area contributed by atoms with Gasteiger partial charge in [0.2, 0.25) is 0 Å². The van der Waals surface area contributed by atoms with Crippen LogP contribution in [0.25, 0.3) is 0 Å². The molecule has 7 heteroatoms. The molecule has 0 saturated carbocycles. The van der Waals surface area contributed by atoms with Crippen molar-refractivity contribution in [2.45, 2.75) is 12.8 Å². The van der Waals surface area contributed by atoms with E-state index in [4.69, 9.17) is 10.2 Å². The lowest BCUT2D eigenvalue weighted by atomic mass is 10.1. The Morgan fingerprint density at radius 3 is 2.58 bits per heavy atom. The van der Waals surface area contributed by atoms with Crippen LogP contribution in [0.3, 0.4) is 0 Å². The van der Waals surface area contributed by atoms with E-state index in [-0.39, 0.29) is 30.0 Å². The Labute approximate surface area is 147 Å². The first kappa shape index (κ1) is 19.7. The maximum Gasteiger partial charge on any atom is 0.293 e. The normalized spacial score (nSPS) is 9.92. The van der Waals surface area contributed by atoms with Gasteiger partial charge in [-0.3, -0.25) is 9.59 Å². The molecule has 0 atom stereocenters. The van der Waals surface area contributed by atoms with Crippen LogP contribution in [0.4, 0.5) is 5.69 Å². The summed E-state index contributed by atoms with van der Waals surface area (Å²) < 4.78 is 5.13. The fourth-order valence-electron chi connectivity index (χ4n) is 2.20. The summed E-state index contributed by atoms with van der Waals surface area (Å²) in [6, 6.07) is 10.2. The largest absolute Gasteiger partial charge is 0.459 e. The average molecular weight is 352 g/mol. The Kier molecular flexibility index (Phi) is 8.01. The number of furan rings is 1. The lowest BCUT2D eigenvalue weighted by Gasteiger charge is -2.19. The third-order valence-corrected chi connectivity index (χ3v) is 3.46. The highest BCUT2D eigenvalue weighted by Gasteiger charge is 2.20. The van der Waals surface area contributed by atoms with Crippen LogP contribution in [0.2, 0.25) is 0 Å². The number of hydrogen-bond donors (Lipinski definition) is 2. The fourth-order valence-corrected chi connectivity index (χ4v) is 2.20. The minimum absolute atomic E-state index is 0. The molecule has 0 bridgehead atoms. The number of benzene rings is 1. The van der Waals surface area contributed by atoms with E-state index in [0.717, 1.165) is 12.8 Å². The molecule has 0 spiro atoms. The second-order valence-corrected chi connectivity index (χ2v) is 5.11. The van der Waals surface area contributed by atoms with E-state index >= 15 is 0 Å². The molecule has 0 aliphatic heterocycles. The van der Waals surface area contributed by atoms with Gasteiger partial charge in [-0.2, -0.15) is 0 Å². The SMILES string of the molecule is CN(C(=O)c1ccco1)c1ccccc1C(=O)NCCCCN.Cl. The van der Waals surface area contributed by atoms with Crippen molar-refractivity contribution >= 4 is 29.9 Å². The molecule has 0 aliphatic rings. The zero-order valence-electron chi connectivity index (χ0n) is 13.5. The van der Waals surface area contributed by atoms with Gasteiger partial charge in [0, 0.05) is 13.6 Å². The van der Waals surface area contributed by atoms with Gasteiger partial charge >= 0.3 is 0 Å². The van der Waals surface area contributed by atoms with Crippen LogP contribution >= 0.6 is 12.4 Å². The Balaban J connectivity index is 0.00000288. The first-order valence-corrected chi connectivity index (χ1v) is 7.54. The topological polar surface area (TPSA) is 88.6 Å². The summed E-state index contributed by atoms with van der Waals surface area (Å²) in [7, 11) is 1.62. The van der Waals surface area contributed by atoms with Gasteiger partial charge in [0.15, 0.2) is 5.76 Å². The van der Waals surface area contributed by atoms with Crippen LogP contribution in [-0.4, -0.2) is 32.0 Å². The molecule has 1 heterocycles. The number of para-hydroxylation sites is 1. The molecular formula is C17H22ClN3O3. The maximum atomic E-state index is 12.4. The van der Waals surface area contributed by atoms with E-state index in [2.05, 4.69) is 5.32 Å². The maximum absolute atomic E-state index is 12.4. The molecule has 6 nitrogen and oxygen atoms in total. The van der Waals surface area contributed by atoms with Crippen LogP contribution in [-0.2, 0) is 0 Å². The van der Waals surface area contributed by atoms with Gasteiger partial charge in [-0.25, -0.2) is 0 Å². The summed E-state index contributed by atoms with van der Waals surface area (Å²) in [6.07, 6.45) is 3.13. The number of anilines is 1. The zero-order chi connectivity index (χ0) is 16.7. The van der Waals surface area contributed by atoms with Crippen LogP contribution in [0.1, 0.15) is 33.8 Å². The van der Waals surface area contributed by atoms with Crippen molar-refractivity contribution in [2.75, 3.05) is 25.0 Å². The predicted molar refractivity (Wildman–Crippen MR) is 95.8 cm³/mol. The van der Waals surface area contributed by atoms with Gasteiger partial charge in [0.25, 0.3) is 11.8 Å². The lowest BCUT2D eigenvalue weighted by Crippen LogP contribution is -2.31. The zero-order valence-corrected chi connectivity index (χ0v) is 14.3. The van der Waals surface area contributed by atoms with Gasteiger partial charge in [0.05, 0.1) is 17.5 Å². The number of rotatable bonds is 7. The van der Waals surface area contributed by atoms with Crippen LogP contribution in [0, 0.1) is 0 Å². The third kappa shape index (κ3) is 4.84. The monoisotopic (exact) mass is 351 g/mol. The molecule has 0 saturated heterocycles. The molecule has 24 heavy (non-hydrogen) atoms. The lowest BCUT2D eigenvalue weighted by molar-refractivity contribution is 0.0953. The van der Waals surface area contributed by atoms with Crippen LogP contribution in [0.5, 0.6) is 0 Å². The molecule has 1 aromatic carbocycles. The molecule has 1 aromatic heterocycles. The van der Waals surface area contributed by atoms with Crippen molar-refractivity contribution in [1.82, 2.24) is 5.32 Å². The summed E-state index contributed by atoms with van der Waals surface area (Å²) in [5.74, 6) is -0.291. The van der Waals surface area contributed by atoms with E-state index in [0.29, 0.717) is 24.3 Å². The molecule has 2 amide bonds. The Bertz CT molecular complexity index is 659. The Morgan fingerprint density at radius 2 is 1.92 bits per heavy atom. The highest BCUT2D eigenvalue weighted by Crippen LogP contribution is 2.21. The van der Waals surface area contributed by atoms with Gasteiger partial charge in [-0.05, 0) is 43.7 Å². The highest BCUT2D eigenvalue weighted by molar-refractivity contribution is 6.09. The van der Waals surface area contributed by atoms with E-state index < -0.39 is 0 Å². The molecule has 0 fully saturated rings. The third-order valence-electron chi connectivity index (χ3n) is 3.46. The number of carbonyl (C=O) groups excluding carboxylic acids is 2. The summed E-state index contributed by atoms with van der Waals surface area (Å²) in [5, 5.41) is 2.85. The van der Waals surface area contributed by atoms with Crippen molar-refractivity contribution in [3.63, 3.8) is 0 Å². The average Bonchev–Trinajstić information content (AvgIpc) is 3.11. The summed E-state index contributed by atoms with van der Waals surface area (Å²) in [4.78, 5) is 26.1. The van der Waals surface area contributed by atoms with E-state index in [1.54, 1.807) is 43.4 Å². The molecule has 3 N–H and O–H groups in total. The Hall–Kier alpha value is -2.31. The van der Waals surface area contributed by atoms with Gasteiger partial charge in [0.1, 0.15) is 0 Å². The Morgan fingerprint density at radius 1 is 1.17 bits per heavy atom. The van der Waals surface area contributed by atoms with E-state index in [1.807, 2.05) is 0 Å². The van der Waals surface area contributed by atoms with Crippen molar-refractivity contribution in [1.29, 1.82) is 0 Å². The number of amides is 2. The fraction of sp³-hybridized carbons (Fsp3) is 0.294. The van der Waals surface area contributed by atoms with Gasteiger partial charge < -0.3 is 20.4 Å². The van der Waals surface area contributed by atoms with Gasteiger partial charge in [-0.1, -0.05) is 12.1 Å². The number of nitrogens with two attached hydrogens (primary N) is 1.